The van der Waals surface area contributed by atoms with Crippen LogP contribution in [0.4, 0.5) is 5.69 Å². The van der Waals surface area contributed by atoms with Gasteiger partial charge in [-0.05, 0) is 44.5 Å². The number of aromatic nitrogens is 2. The van der Waals surface area contributed by atoms with Crippen molar-refractivity contribution in [2.75, 3.05) is 38.8 Å². The Morgan fingerprint density at radius 3 is 2.62 bits per heavy atom. The van der Waals surface area contributed by atoms with Gasteiger partial charge in [0.1, 0.15) is 5.75 Å². The minimum Gasteiger partial charge on any atom is -0.491 e. The van der Waals surface area contributed by atoms with Gasteiger partial charge in [-0.2, -0.15) is 5.10 Å². The van der Waals surface area contributed by atoms with Crippen molar-refractivity contribution in [1.29, 1.82) is 0 Å². The van der Waals surface area contributed by atoms with Gasteiger partial charge in [0, 0.05) is 44.8 Å². The lowest BCUT2D eigenvalue weighted by Gasteiger charge is -2.14. The number of hydrogen-bond acceptors (Lipinski definition) is 5. The average Bonchev–Trinajstić information content (AvgIpc) is 3.11. The molecule has 2 N–H and O–H groups in total. The van der Waals surface area contributed by atoms with E-state index in [0.717, 1.165) is 30.0 Å². The molecule has 8 heteroatoms. The number of hydrogen-bond donors (Lipinski definition) is 2. The van der Waals surface area contributed by atoms with Crippen LogP contribution in [0.15, 0.2) is 41.7 Å². The van der Waals surface area contributed by atoms with E-state index in [2.05, 4.69) is 20.7 Å². The van der Waals surface area contributed by atoms with E-state index in [9.17, 15) is 0 Å². The van der Waals surface area contributed by atoms with Gasteiger partial charge in [-0.25, -0.2) is 4.99 Å². The van der Waals surface area contributed by atoms with Crippen LogP contribution in [0.3, 0.4) is 0 Å². The van der Waals surface area contributed by atoms with E-state index in [1.54, 1.807) is 11.8 Å². The Balaban J connectivity index is 1.90. The SMILES string of the molecule is COCCOCCCNC(=NCc1cnn(C)c1)Nc1ccc(OC(C)C)cc1. The van der Waals surface area contributed by atoms with Gasteiger partial charge in [0.15, 0.2) is 5.96 Å². The molecule has 0 saturated heterocycles. The van der Waals surface area contributed by atoms with Crippen LogP contribution < -0.4 is 15.4 Å². The summed E-state index contributed by atoms with van der Waals surface area (Å²) in [7, 11) is 3.57. The van der Waals surface area contributed by atoms with Gasteiger partial charge in [0.25, 0.3) is 0 Å². The third-order valence-corrected chi connectivity index (χ3v) is 3.86. The highest BCUT2D eigenvalue weighted by molar-refractivity contribution is 5.93. The number of guanidine groups is 1. The highest BCUT2D eigenvalue weighted by atomic mass is 16.5. The predicted molar refractivity (Wildman–Crippen MR) is 115 cm³/mol. The van der Waals surface area contributed by atoms with Crippen LogP contribution >= 0.6 is 0 Å². The van der Waals surface area contributed by atoms with Crippen molar-refractivity contribution in [3.8, 4) is 5.75 Å². The Kier molecular flexibility index (Phi) is 10.0. The van der Waals surface area contributed by atoms with Crippen LogP contribution in [0.5, 0.6) is 5.75 Å². The molecular weight excluding hydrogens is 370 g/mol. The molecule has 0 saturated carbocycles. The van der Waals surface area contributed by atoms with Gasteiger partial charge in [-0.1, -0.05) is 0 Å². The van der Waals surface area contributed by atoms with Crippen LogP contribution in [-0.4, -0.2) is 55.3 Å². The number of anilines is 1. The monoisotopic (exact) mass is 403 g/mol. The normalized spacial score (nSPS) is 11.7. The number of aryl methyl sites for hydroxylation is 1. The first-order chi connectivity index (χ1) is 14.1. The van der Waals surface area contributed by atoms with Gasteiger partial charge in [0.2, 0.25) is 0 Å². The van der Waals surface area contributed by atoms with E-state index in [0.29, 0.717) is 32.3 Å². The number of benzene rings is 1. The lowest BCUT2D eigenvalue weighted by molar-refractivity contribution is 0.0699. The summed E-state index contributed by atoms with van der Waals surface area (Å²) in [5, 5.41) is 10.9. The van der Waals surface area contributed by atoms with Crippen LogP contribution in [0.2, 0.25) is 0 Å². The maximum absolute atomic E-state index is 5.70. The third-order valence-electron chi connectivity index (χ3n) is 3.86. The van der Waals surface area contributed by atoms with Crippen LogP contribution in [0, 0.1) is 0 Å². The number of ether oxygens (including phenoxy) is 3. The lowest BCUT2D eigenvalue weighted by Crippen LogP contribution is -2.32. The van der Waals surface area contributed by atoms with E-state index in [1.165, 1.54) is 0 Å². The van der Waals surface area contributed by atoms with Crippen molar-refractivity contribution in [2.24, 2.45) is 12.0 Å². The molecule has 2 rings (SSSR count). The molecule has 0 fully saturated rings. The number of nitrogens with zero attached hydrogens (tertiary/aromatic N) is 3. The van der Waals surface area contributed by atoms with E-state index in [1.807, 2.05) is 57.6 Å². The second-order valence-electron chi connectivity index (χ2n) is 6.89. The average molecular weight is 404 g/mol. The number of rotatable bonds is 12. The molecule has 0 spiro atoms. The number of nitrogens with one attached hydrogen (secondary N) is 2. The van der Waals surface area contributed by atoms with Crippen LogP contribution in [0.1, 0.15) is 25.8 Å². The Bertz CT molecular complexity index is 728. The minimum atomic E-state index is 0.151. The molecule has 0 bridgehead atoms. The quantitative estimate of drug-likeness (QED) is 0.322. The maximum atomic E-state index is 5.70. The van der Waals surface area contributed by atoms with Crippen molar-refractivity contribution in [3.05, 3.63) is 42.2 Å². The van der Waals surface area contributed by atoms with Crippen LogP contribution in [0.25, 0.3) is 0 Å². The molecule has 29 heavy (non-hydrogen) atoms. The van der Waals surface area contributed by atoms with E-state index in [-0.39, 0.29) is 6.10 Å². The van der Waals surface area contributed by atoms with Crippen molar-refractivity contribution in [2.45, 2.75) is 32.9 Å². The lowest BCUT2D eigenvalue weighted by atomic mass is 10.3. The van der Waals surface area contributed by atoms with Crippen molar-refractivity contribution >= 4 is 11.6 Å². The summed E-state index contributed by atoms with van der Waals surface area (Å²) in [6.07, 6.45) is 4.81. The molecule has 160 valence electrons. The first-order valence-corrected chi connectivity index (χ1v) is 9.93. The number of methoxy groups -OCH3 is 1. The second kappa shape index (κ2) is 12.8. The Hall–Kier alpha value is -2.58. The summed E-state index contributed by atoms with van der Waals surface area (Å²) in [4.78, 5) is 4.67. The molecule has 0 amide bonds. The molecule has 0 aliphatic carbocycles. The van der Waals surface area contributed by atoms with Gasteiger partial charge in [-0.15, -0.1) is 0 Å². The van der Waals surface area contributed by atoms with Crippen molar-refractivity contribution in [1.82, 2.24) is 15.1 Å². The smallest absolute Gasteiger partial charge is 0.196 e. The Morgan fingerprint density at radius 2 is 1.97 bits per heavy atom. The summed E-state index contributed by atoms with van der Waals surface area (Å²) in [5.74, 6) is 1.56. The fraction of sp³-hybridized carbons (Fsp3) is 0.524. The zero-order chi connectivity index (χ0) is 20.9. The standard InChI is InChI=1S/C21H33N5O3/c1-17(2)29-20-8-6-19(7-9-20)25-21(22-10-5-11-28-13-12-27-4)23-14-18-15-24-26(3)16-18/h6-9,15-17H,5,10-14H2,1-4H3,(H2,22,23,25). The first kappa shape index (κ1) is 22.7. The number of aliphatic imine (C=N–C) groups is 1. The molecule has 0 unspecified atom stereocenters. The molecule has 2 aromatic rings. The molecule has 0 aliphatic heterocycles. The fourth-order valence-corrected chi connectivity index (χ4v) is 2.51. The van der Waals surface area contributed by atoms with Crippen LogP contribution in [-0.2, 0) is 23.1 Å². The topological polar surface area (TPSA) is 81.9 Å². The molecule has 0 aliphatic rings. The highest BCUT2D eigenvalue weighted by Gasteiger charge is 2.03. The minimum absolute atomic E-state index is 0.151. The molecule has 1 aromatic carbocycles. The zero-order valence-electron chi connectivity index (χ0n) is 17.9. The summed E-state index contributed by atoms with van der Waals surface area (Å²) in [5.41, 5.74) is 1.99. The van der Waals surface area contributed by atoms with Gasteiger partial charge < -0.3 is 24.8 Å². The zero-order valence-corrected chi connectivity index (χ0v) is 17.9. The fourth-order valence-electron chi connectivity index (χ4n) is 2.51. The highest BCUT2D eigenvalue weighted by Crippen LogP contribution is 2.17. The third kappa shape index (κ3) is 9.45. The summed E-state index contributed by atoms with van der Waals surface area (Å²) < 4.78 is 17.9. The first-order valence-electron chi connectivity index (χ1n) is 9.93. The summed E-state index contributed by atoms with van der Waals surface area (Å²) in [6, 6.07) is 7.86. The van der Waals surface area contributed by atoms with Crippen molar-refractivity contribution in [3.63, 3.8) is 0 Å². The van der Waals surface area contributed by atoms with E-state index < -0.39 is 0 Å². The molecule has 0 radical (unpaired) electrons. The van der Waals surface area contributed by atoms with Gasteiger partial charge in [-0.3, -0.25) is 4.68 Å². The molecule has 8 nitrogen and oxygen atoms in total. The second-order valence-corrected chi connectivity index (χ2v) is 6.89. The van der Waals surface area contributed by atoms with E-state index in [4.69, 9.17) is 14.2 Å². The molecule has 1 heterocycles. The molecule has 1 aromatic heterocycles. The van der Waals surface area contributed by atoms with E-state index >= 15 is 0 Å². The molecular formula is C21H33N5O3. The van der Waals surface area contributed by atoms with Crippen molar-refractivity contribution < 1.29 is 14.2 Å². The summed E-state index contributed by atoms with van der Waals surface area (Å²) in [6.45, 7) is 7.22. The Labute approximate surface area is 173 Å². The maximum Gasteiger partial charge on any atom is 0.196 e. The molecule has 0 atom stereocenters. The summed E-state index contributed by atoms with van der Waals surface area (Å²) >= 11 is 0. The van der Waals surface area contributed by atoms with Gasteiger partial charge >= 0.3 is 0 Å². The largest absolute Gasteiger partial charge is 0.491 e. The predicted octanol–water partition coefficient (Wildman–Crippen LogP) is 2.82. The van der Waals surface area contributed by atoms with Gasteiger partial charge in [0.05, 0.1) is 32.1 Å². The Morgan fingerprint density at radius 1 is 1.17 bits per heavy atom.